The van der Waals surface area contributed by atoms with Gasteiger partial charge in [-0.2, -0.15) is 0 Å². The first-order valence-electron chi connectivity index (χ1n) is 9.23. The van der Waals surface area contributed by atoms with Crippen molar-refractivity contribution in [3.8, 4) is 0 Å². The normalized spacial score (nSPS) is 13.8. The SMILES string of the molecule is [CH2+]C(CC(C)C)C(=O)OCCCCCCOC(=O)C([NH3+])CC(C)C. The van der Waals surface area contributed by atoms with Crippen molar-refractivity contribution in [1.82, 2.24) is 0 Å². The Kier molecular flexibility index (Phi) is 12.4. The van der Waals surface area contributed by atoms with Gasteiger partial charge in [0.15, 0.2) is 12.0 Å². The smallest absolute Gasteiger partial charge is 0.364 e. The van der Waals surface area contributed by atoms with Gasteiger partial charge in [0.05, 0.1) is 20.1 Å². The van der Waals surface area contributed by atoms with E-state index >= 15 is 0 Å². The summed E-state index contributed by atoms with van der Waals surface area (Å²) >= 11 is 0. The van der Waals surface area contributed by atoms with Gasteiger partial charge in [-0.3, -0.25) is 0 Å². The summed E-state index contributed by atoms with van der Waals surface area (Å²) in [6, 6.07) is -0.272. The highest BCUT2D eigenvalue weighted by Crippen LogP contribution is 2.12. The van der Waals surface area contributed by atoms with E-state index in [1.807, 2.05) is 0 Å². The van der Waals surface area contributed by atoms with E-state index in [-0.39, 0.29) is 23.9 Å². The molecule has 2 atom stereocenters. The first kappa shape index (κ1) is 22.8. The topological polar surface area (TPSA) is 80.2 Å². The largest absolute Gasteiger partial charge is 0.462 e. The van der Waals surface area contributed by atoms with Crippen molar-refractivity contribution >= 4 is 11.9 Å². The van der Waals surface area contributed by atoms with E-state index in [4.69, 9.17) is 9.47 Å². The van der Waals surface area contributed by atoms with Gasteiger partial charge in [0.2, 0.25) is 0 Å². The maximum Gasteiger partial charge on any atom is 0.364 e. The predicted octanol–water partition coefficient (Wildman–Crippen LogP) is 2.79. The number of unbranched alkanes of at least 4 members (excludes halogenated alkanes) is 3. The molecular weight excluding hydrogens is 306 g/mol. The fraction of sp³-hybridized carbons (Fsp3) is 0.842. The Bertz CT molecular complexity index is 321. The summed E-state index contributed by atoms with van der Waals surface area (Å²) in [6.45, 7) is 13.0. The summed E-state index contributed by atoms with van der Waals surface area (Å²) in [6.07, 6.45) is 5.09. The molecule has 0 saturated carbocycles. The van der Waals surface area contributed by atoms with E-state index in [2.05, 4.69) is 40.4 Å². The van der Waals surface area contributed by atoms with Crippen LogP contribution in [-0.4, -0.2) is 31.2 Å². The van der Waals surface area contributed by atoms with Crippen molar-refractivity contribution in [2.24, 2.45) is 17.8 Å². The van der Waals surface area contributed by atoms with Crippen LogP contribution in [0.4, 0.5) is 0 Å². The van der Waals surface area contributed by atoms with Crippen LogP contribution in [0.5, 0.6) is 0 Å². The summed E-state index contributed by atoms with van der Waals surface area (Å²) in [7, 11) is 0. The van der Waals surface area contributed by atoms with Gasteiger partial charge in [-0.05, 0) is 37.5 Å². The van der Waals surface area contributed by atoms with E-state index in [0.717, 1.165) is 38.5 Å². The molecule has 0 bridgehead atoms. The molecular formula is C19H37NO4+2. The molecule has 5 nitrogen and oxygen atoms in total. The molecule has 0 spiro atoms. The second-order valence-electron chi connectivity index (χ2n) is 7.40. The van der Waals surface area contributed by atoms with Crippen molar-refractivity contribution < 1.29 is 24.8 Å². The number of rotatable bonds is 13. The highest BCUT2D eigenvalue weighted by atomic mass is 16.5. The first-order chi connectivity index (χ1) is 11.2. The molecule has 140 valence electrons. The third-order valence-corrected chi connectivity index (χ3v) is 3.71. The number of quaternary nitrogens is 1. The molecule has 0 aliphatic rings. The Morgan fingerprint density at radius 3 is 1.75 bits per heavy atom. The third kappa shape index (κ3) is 12.2. The summed E-state index contributed by atoms with van der Waals surface area (Å²) in [5.41, 5.74) is 3.84. The van der Waals surface area contributed by atoms with Crippen LogP contribution in [0.2, 0.25) is 0 Å². The monoisotopic (exact) mass is 343 g/mol. The lowest BCUT2D eigenvalue weighted by atomic mass is 9.99. The van der Waals surface area contributed by atoms with Gasteiger partial charge in [0.25, 0.3) is 0 Å². The molecule has 2 unspecified atom stereocenters. The van der Waals surface area contributed by atoms with Crippen molar-refractivity contribution in [3.63, 3.8) is 0 Å². The summed E-state index contributed by atoms with van der Waals surface area (Å²) in [4.78, 5) is 23.4. The molecule has 0 rings (SSSR count). The van der Waals surface area contributed by atoms with Crippen LogP contribution < -0.4 is 5.73 Å². The highest BCUT2D eigenvalue weighted by Gasteiger charge is 2.22. The van der Waals surface area contributed by atoms with Gasteiger partial charge in [0.1, 0.15) is 0 Å². The number of hydrogen-bond donors (Lipinski definition) is 1. The zero-order chi connectivity index (χ0) is 18.5. The van der Waals surface area contributed by atoms with Gasteiger partial charge in [-0.1, -0.05) is 27.7 Å². The average molecular weight is 344 g/mol. The second kappa shape index (κ2) is 13.1. The molecule has 0 aromatic rings. The number of ether oxygens (including phenoxy) is 2. The fourth-order valence-electron chi connectivity index (χ4n) is 2.47. The zero-order valence-electron chi connectivity index (χ0n) is 16.0. The molecule has 0 heterocycles. The average Bonchev–Trinajstić information content (AvgIpc) is 2.47. The van der Waals surface area contributed by atoms with Gasteiger partial charge < -0.3 is 15.2 Å². The minimum absolute atomic E-state index is 0.204. The molecule has 3 N–H and O–H groups in total. The second-order valence-corrected chi connectivity index (χ2v) is 7.40. The lowest BCUT2D eigenvalue weighted by Gasteiger charge is -2.11. The lowest BCUT2D eigenvalue weighted by Crippen LogP contribution is -2.65. The number of esters is 2. The molecule has 0 amide bonds. The Labute approximate surface area is 147 Å². The van der Waals surface area contributed by atoms with E-state index in [1.54, 1.807) is 0 Å². The van der Waals surface area contributed by atoms with E-state index in [1.165, 1.54) is 0 Å². The lowest BCUT2D eigenvalue weighted by molar-refractivity contribution is -0.411. The van der Waals surface area contributed by atoms with Gasteiger partial charge in [0, 0.05) is 12.8 Å². The van der Waals surface area contributed by atoms with E-state index in [0.29, 0.717) is 25.0 Å². The fourth-order valence-corrected chi connectivity index (χ4v) is 2.47. The van der Waals surface area contributed by atoms with E-state index < -0.39 is 0 Å². The number of carbonyl (C=O) groups is 2. The zero-order valence-corrected chi connectivity index (χ0v) is 16.0. The highest BCUT2D eigenvalue weighted by molar-refractivity contribution is 5.74. The molecule has 0 aliphatic carbocycles. The van der Waals surface area contributed by atoms with Crippen molar-refractivity contribution in [2.45, 2.75) is 72.3 Å². The molecule has 0 aromatic heterocycles. The van der Waals surface area contributed by atoms with Gasteiger partial charge in [-0.15, -0.1) is 0 Å². The van der Waals surface area contributed by atoms with Crippen LogP contribution in [0.25, 0.3) is 0 Å². The van der Waals surface area contributed by atoms with Crippen molar-refractivity contribution in [2.75, 3.05) is 13.2 Å². The number of carbonyl (C=O) groups excluding carboxylic acids is 2. The summed E-state index contributed by atoms with van der Waals surface area (Å²) < 4.78 is 10.4. The maximum absolute atomic E-state index is 11.7. The maximum atomic E-state index is 11.7. The molecule has 0 radical (unpaired) electrons. The summed E-state index contributed by atoms with van der Waals surface area (Å²) in [5.74, 6) is 0.210. The van der Waals surface area contributed by atoms with Crippen molar-refractivity contribution in [1.29, 1.82) is 0 Å². The number of hydrogen-bond acceptors (Lipinski definition) is 4. The molecule has 0 aromatic carbocycles. The van der Waals surface area contributed by atoms with Crippen LogP contribution >= 0.6 is 0 Å². The Morgan fingerprint density at radius 1 is 0.833 bits per heavy atom. The van der Waals surface area contributed by atoms with Crippen LogP contribution in [0.3, 0.4) is 0 Å². The Morgan fingerprint density at radius 2 is 1.29 bits per heavy atom. The van der Waals surface area contributed by atoms with Crippen LogP contribution in [0.1, 0.15) is 66.2 Å². The standard InChI is InChI=1S/C19H36NO4/c1-14(2)12-16(5)18(21)23-10-8-6-7-9-11-24-19(22)17(20)13-15(3)4/h14-17H,5-13,20H2,1-4H3/q+1/p+1. The quantitative estimate of drug-likeness (QED) is 0.317. The molecule has 5 heteroatoms. The van der Waals surface area contributed by atoms with Crippen molar-refractivity contribution in [3.05, 3.63) is 6.92 Å². The Balaban J connectivity index is 3.54. The predicted molar refractivity (Wildman–Crippen MR) is 94.8 cm³/mol. The molecule has 0 fully saturated rings. The molecule has 0 saturated heterocycles. The minimum atomic E-state index is -0.272. The van der Waals surface area contributed by atoms with Crippen LogP contribution in [-0.2, 0) is 19.1 Å². The van der Waals surface area contributed by atoms with Crippen LogP contribution in [0.15, 0.2) is 0 Å². The molecule has 0 aliphatic heterocycles. The summed E-state index contributed by atoms with van der Waals surface area (Å²) in [5, 5.41) is 0. The van der Waals surface area contributed by atoms with Gasteiger partial charge >= 0.3 is 11.9 Å². The molecule has 24 heavy (non-hydrogen) atoms. The first-order valence-corrected chi connectivity index (χ1v) is 9.23. The van der Waals surface area contributed by atoms with E-state index in [9.17, 15) is 9.59 Å². The third-order valence-electron chi connectivity index (χ3n) is 3.71. The minimum Gasteiger partial charge on any atom is -0.462 e. The van der Waals surface area contributed by atoms with Gasteiger partial charge in [-0.25, -0.2) is 9.59 Å². The Hall–Kier alpha value is -1.23. The van der Waals surface area contributed by atoms with Crippen LogP contribution in [0, 0.1) is 24.7 Å².